The number of imide groups is 1. The zero-order valence-electron chi connectivity index (χ0n) is 14.4. The molecule has 6 nitrogen and oxygen atoms in total. The summed E-state index contributed by atoms with van der Waals surface area (Å²) in [5.41, 5.74) is 1.51. The van der Waals surface area contributed by atoms with Gasteiger partial charge in [-0.05, 0) is 49.1 Å². The first kappa shape index (κ1) is 18.1. The van der Waals surface area contributed by atoms with Crippen LogP contribution in [-0.2, 0) is 12.8 Å². The molecule has 136 valence electrons. The largest absolute Gasteiger partial charge is 0.331 e. The lowest BCUT2D eigenvalue weighted by Crippen LogP contribution is -2.39. The monoisotopic (exact) mass is 375 g/mol. The van der Waals surface area contributed by atoms with E-state index in [-0.39, 0.29) is 5.56 Å². The second-order valence-electron chi connectivity index (χ2n) is 6.18. The maximum absolute atomic E-state index is 13.0. The van der Waals surface area contributed by atoms with Crippen LogP contribution in [0.15, 0.2) is 24.3 Å². The van der Waals surface area contributed by atoms with Gasteiger partial charge in [-0.1, -0.05) is 0 Å². The number of anilines is 1. The van der Waals surface area contributed by atoms with E-state index in [1.165, 1.54) is 54.6 Å². The molecule has 1 heterocycles. The van der Waals surface area contributed by atoms with Gasteiger partial charge in [-0.15, -0.1) is 11.3 Å². The Bertz CT molecular complexity index is 875. The molecular weight excluding hydrogens is 357 g/mol. The SMILES string of the molecule is CN(C)C(=O)NC(=O)c1c(NC(=O)c2ccc(F)cc2)sc2c1CCC2. The number of benzene rings is 1. The van der Waals surface area contributed by atoms with Gasteiger partial charge < -0.3 is 10.2 Å². The number of hydrogen-bond acceptors (Lipinski definition) is 4. The maximum Gasteiger partial charge on any atom is 0.323 e. The van der Waals surface area contributed by atoms with Crippen LogP contribution >= 0.6 is 11.3 Å². The Balaban J connectivity index is 1.87. The first-order valence-electron chi connectivity index (χ1n) is 8.11. The molecule has 2 aromatic rings. The number of urea groups is 1. The minimum Gasteiger partial charge on any atom is -0.331 e. The van der Waals surface area contributed by atoms with Gasteiger partial charge in [0.1, 0.15) is 10.8 Å². The van der Waals surface area contributed by atoms with Crippen LogP contribution in [0.25, 0.3) is 0 Å². The number of thiophene rings is 1. The predicted molar refractivity (Wildman–Crippen MR) is 97.2 cm³/mol. The molecule has 1 aromatic heterocycles. The number of aryl methyl sites for hydroxylation is 1. The Hall–Kier alpha value is -2.74. The first-order valence-corrected chi connectivity index (χ1v) is 8.92. The number of rotatable bonds is 3. The van der Waals surface area contributed by atoms with Gasteiger partial charge in [0.05, 0.1) is 5.56 Å². The highest BCUT2D eigenvalue weighted by molar-refractivity contribution is 7.17. The first-order chi connectivity index (χ1) is 12.4. The summed E-state index contributed by atoms with van der Waals surface area (Å²) < 4.78 is 13.0. The average Bonchev–Trinajstić information content (AvgIpc) is 3.15. The number of carbonyl (C=O) groups excluding carboxylic acids is 3. The molecule has 1 aliphatic carbocycles. The van der Waals surface area contributed by atoms with Gasteiger partial charge in [-0.3, -0.25) is 14.9 Å². The van der Waals surface area contributed by atoms with Crippen LogP contribution in [0.4, 0.5) is 14.2 Å². The summed E-state index contributed by atoms with van der Waals surface area (Å²) >= 11 is 1.35. The minimum atomic E-state index is -0.530. The highest BCUT2D eigenvalue weighted by Gasteiger charge is 2.28. The van der Waals surface area contributed by atoms with Gasteiger partial charge in [0, 0.05) is 24.5 Å². The molecule has 8 heteroatoms. The summed E-state index contributed by atoms with van der Waals surface area (Å²) in [5.74, 6) is -1.39. The van der Waals surface area contributed by atoms with Gasteiger partial charge in [0.2, 0.25) is 0 Å². The Morgan fingerprint density at radius 3 is 2.42 bits per heavy atom. The molecule has 0 atom stereocenters. The van der Waals surface area contributed by atoms with Crippen molar-refractivity contribution in [1.82, 2.24) is 10.2 Å². The number of nitrogens with one attached hydrogen (secondary N) is 2. The number of halogens is 1. The molecule has 0 fully saturated rings. The van der Waals surface area contributed by atoms with Crippen LogP contribution in [0, 0.1) is 5.82 Å². The number of hydrogen-bond donors (Lipinski definition) is 2. The molecule has 4 amide bonds. The molecule has 0 radical (unpaired) electrons. The lowest BCUT2D eigenvalue weighted by Gasteiger charge is -2.12. The van der Waals surface area contributed by atoms with Crippen LogP contribution in [-0.4, -0.2) is 36.8 Å². The number of fused-ring (bicyclic) bond motifs is 1. The van der Waals surface area contributed by atoms with E-state index in [0.29, 0.717) is 10.6 Å². The Morgan fingerprint density at radius 2 is 1.77 bits per heavy atom. The van der Waals surface area contributed by atoms with E-state index in [1.807, 2.05) is 0 Å². The molecule has 1 aromatic carbocycles. The predicted octanol–water partition coefficient (Wildman–Crippen LogP) is 3.04. The summed E-state index contributed by atoms with van der Waals surface area (Å²) in [4.78, 5) is 39.2. The molecule has 0 aliphatic heterocycles. The second kappa shape index (κ2) is 7.25. The van der Waals surface area contributed by atoms with E-state index in [4.69, 9.17) is 0 Å². The van der Waals surface area contributed by atoms with Crippen molar-refractivity contribution < 1.29 is 18.8 Å². The molecule has 26 heavy (non-hydrogen) atoms. The van der Waals surface area contributed by atoms with E-state index in [9.17, 15) is 18.8 Å². The highest BCUT2D eigenvalue weighted by atomic mass is 32.1. The number of amides is 4. The van der Waals surface area contributed by atoms with Gasteiger partial charge in [-0.2, -0.15) is 0 Å². The quantitative estimate of drug-likeness (QED) is 0.866. The van der Waals surface area contributed by atoms with Crippen molar-refractivity contribution in [2.24, 2.45) is 0 Å². The van der Waals surface area contributed by atoms with Gasteiger partial charge in [0.25, 0.3) is 11.8 Å². The Morgan fingerprint density at radius 1 is 1.08 bits per heavy atom. The highest BCUT2D eigenvalue weighted by Crippen LogP contribution is 2.39. The number of carbonyl (C=O) groups is 3. The van der Waals surface area contributed by atoms with E-state index in [2.05, 4.69) is 10.6 Å². The molecule has 2 N–H and O–H groups in total. The zero-order chi connectivity index (χ0) is 18.8. The van der Waals surface area contributed by atoms with Crippen molar-refractivity contribution in [2.75, 3.05) is 19.4 Å². The summed E-state index contributed by atoms with van der Waals surface area (Å²) in [6, 6.07) is 4.63. The topological polar surface area (TPSA) is 78.5 Å². The van der Waals surface area contributed by atoms with E-state index in [1.54, 1.807) is 0 Å². The third kappa shape index (κ3) is 3.60. The second-order valence-corrected chi connectivity index (χ2v) is 7.28. The average molecular weight is 375 g/mol. The van der Waals surface area contributed by atoms with Crippen LogP contribution in [0.3, 0.4) is 0 Å². The lowest BCUT2D eigenvalue weighted by atomic mass is 10.1. The lowest BCUT2D eigenvalue weighted by molar-refractivity contribution is 0.0957. The Labute approximate surface area is 154 Å². The van der Waals surface area contributed by atoms with Gasteiger partial charge >= 0.3 is 6.03 Å². The fourth-order valence-corrected chi connectivity index (χ4v) is 4.06. The van der Waals surface area contributed by atoms with Crippen molar-refractivity contribution >= 4 is 34.2 Å². The van der Waals surface area contributed by atoms with Crippen LogP contribution in [0.5, 0.6) is 0 Å². The fraction of sp³-hybridized carbons (Fsp3) is 0.278. The Kier molecular flexibility index (Phi) is 5.03. The van der Waals surface area contributed by atoms with Crippen molar-refractivity contribution in [3.05, 3.63) is 51.7 Å². The van der Waals surface area contributed by atoms with E-state index >= 15 is 0 Å². The summed E-state index contributed by atoms with van der Waals surface area (Å²) in [6.45, 7) is 0. The zero-order valence-corrected chi connectivity index (χ0v) is 15.2. The molecule has 3 rings (SSSR count). The third-order valence-electron chi connectivity index (χ3n) is 4.11. The molecule has 0 saturated carbocycles. The van der Waals surface area contributed by atoms with Crippen molar-refractivity contribution in [1.29, 1.82) is 0 Å². The molecular formula is C18H18FN3O3S. The minimum absolute atomic E-state index is 0.288. The van der Waals surface area contributed by atoms with Crippen LogP contribution in [0.1, 0.15) is 37.6 Å². The molecule has 1 aliphatic rings. The molecule has 0 saturated heterocycles. The summed E-state index contributed by atoms with van der Waals surface area (Å²) in [7, 11) is 3.08. The van der Waals surface area contributed by atoms with Crippen molar-refractivity contribution in [2.45, 2.75) is 19.3 Å². The van der Waals surface area contributed by atoms with Gasteiger partial charge in [0.15, 0.2) is 0 Å². The number of nitrogens with zero attached hydrogens (tertiary/aromatic N) is 1. The summed E-state index contributed by atoms with van der Waals surface area (Å²) in [6.07, 6.45) is 2.51. The molecule has 0 spiro atoms. The third-order valence-corrected chi connectivity index (χ3v) is 5.32. The van der Waals surface area contributed by atoms with Gasteiger partial charge in [-0.25, -0.2) is 9.18 Å². The van der Waals surface area contributed by atoms with E-state index in [0.717, 1.165) is 29.7 Å². The smallest absolute Gasteiger partial charge is 0.323 e. The maximum atomic E-state index is 13.0. The summed E-state index contributed by atoms with van der Waals surface area (Å²) in [5, 5.41) is 5.47. The molecule has 0 unspecified atom stereocenters. The van der Waals surface area contributed by atoms with Crippen molar-refractivity contribution in [3.8, 4) is 0 Å². The normalized spacial score (nSPS) is 12.4. The fourth-order valence-electron chi connectivity index (χ4n) is 2.78. The van der Waals surface area contributed by atoms with Crippen LogP contribution in [0.2, 0.25) is 0 Å². The standard InChI is InChI=1S/C18H18FN3O3S/c1-22(2)18(25)21-16(24)14-12-4-3-5-13(12)26-17(14)20-15(23)10-6-8-11(19)9-7-10/h6-9H,3-5H2,1-2H3,(H,20,23)(H,21,24,25). The molecule has 0 bridgehead atoms. The van der Waals surface area contributed by atoms with Crippen molar-refractivity contribution in [3.63, 3.8) is 0 Å². The van der Waals surface area contributed by atoms with E-state index < -0.39 is 23.7 Å². The van der Waals surface area contributed by atoms with Crippen LogP contribution < -0.4 is 10.6 Å².